The van der Waals surface area contributed by atoms with Crippen LogP contribution in [0.25, 0.3) is 0 Å². The molecule has 0 spiro atoms. The fourth-order valence-electron chi connectivity index (χ4n) is 1.80. The van der Waals surface area contributed by atoms with Crippen molar-refractivity contribution >= 4 is 16.9 Å². The lowest BCUT2D eigenvalue weighted by Gasteiger charge is -2.28. The number of aliphatic imine (C=N–C) groups is 1. The molecule has 3 nitrogen and oxygen atoms in total. The third-order valence-corrected chi connectivity index (χ3v) is 4.36. The van der Waals surface area contributed by atoms with E-state index in [0.29, 0.717) is 12.1 Å². The summed E-state index contributed by atoms with van der Waals surface area (Å²) in [7, 11) is 0. The van der Waals surface area contributed by atoms with Crippen molar-refractivity contribution < 1.29 is 4.74 Å². The van der Waals surface area contributed by atoms with Crippen molar-refractivity contribution in [2.75, 3.05) is 18.9 Å². The molecule has 3 unspecified atom stereocenters. The van der Waals surface area contributed by atoms with E-state index in [1.807, 2.05) is 11.8 Å². The van der Waals surface area contributed by atoms with Gasteiger partial charge in [0.2, 0.25) is 0 Å². The van der Waals surface area contributed by atoms with E-state index in [1.165, 1.54) is 18.6 Å². The molecule has 2 aliphatic heterocycles. The zero-order valence-corrected chi connectivity index (χ0v) is 10.3. The van der Waals surface area contributed by atoms with E-state index in [1.54, 1.807) is 0 Å². The standard InChI is InChI=1S/C11H20N2OS/c1-8-7-15-11(13-9(8)2)12-6-10-4-3-5-14-10/h8-10H,3-7H2,1-2H3,(H,12,13). The Bertz CT molecular complexity index is 239. The molecule has 0 aromatic carbocycles. The summed E-state index contributed by atoms with van der Waals surface area (Å²) in [5, 5.41) is 4.55. The first-order valence-corrected chi connectivity index (χ1v) is 6.79. The van der Waals surface area contributed by atoms with Crippen molar-refractivity contribution in [3.8, 4) is 0 Å². The predicted octanol–water partition coefficient (Wildman–Crippen LogP) is 1.88. The Morgan fingerprint density at radius 2 is 2.40 bits per heavy atom. The molecule has 4 heteroatoms. The minimum absolute atomic E-state index is 0.370. The lowest BCUT2D eigenvalue weighted by atomic mass is 10.1. The number of thioether (sulfide) groups is 1. The average Bonchev–Trinajstić information content (AvgIpc) is 2.73. The first-order valence-electron chi connectivity index (χ1n) is 5.81. The number of hydrogen-bond acceptors (Lipinski definition) is 3. The van der Waals surface area contributed by atoms with Crippen molar-refractivity contribution in [1.29, 1.82) is 0 Å². The normalized spacial score (nSPS) is 39.3. The second kappa shape index (κ2) is 5.21. The highest BCUT2D eigenvalue weighted by Crippen LogP contribution is 2.20. The van der Waals surface area contributed by atoms with Crippen LogP contribution in [0.3, 0.4) is 0 Å². The summed E-state index contributed by atoms with van der Waals surface area (Å²) < 4.78 is 5.55. The van der Waals surface area contributed by atoms with Crippen LogP contribution in [0.4, 0.5) is 0 Å². The van der Waals surface area contributed by atoms with Crippen LogP contribution >= 0.6 is 11.8 Å². The highest BCUT2D eigenvalue weighted by atomic mass is 32.2. The molecular formula is C11H20N2OS. The lowest BCUT2D eigenvalue weighted by molar-refractivity contribution is 0.118. The fraction of sp³-hybridized carbons (Fsp3) is 0.909. The molecule has 15 heavy (non-hydrogen) atoms. The maximum atomic E-state index is 5.55. The molecule has 0 bridgehead atoms. The van der Waals surface area contributed by atoms with Crippen molar-refractivity contribution in [2.24, 2.45) is 10.9 Å². The summed E-state index contributed by atoms with van der Waals surface area (Å²) in [6.07, 6.45) is 2.74. The van der Waals surface area contributed by atoms with Crippen LogP contribution in [0.15, 0.2) is 4.99 Å². The SMILES string of the molecule is CC1CSC(=NCC2CCCO2)NC1C. The van der Waals surface area contributed by atoms with Gasteiger partial charge in [0, 0.05) is 18.4 Å². The number of nitrogens with one attached hydrogen (secondary N) is 1. The van der Waals surface area contributed by atoms with Crippen LogP contribution in [-0.4, -0.2) is 36.2 Å². The van der Waals surface area contributed by atoms with Crippen LogP contribution in [0.1, 0.15) is 26.7 Å². The summed E-state index contributed by atoms with van der Waals surface area (Å²) in [6.45, 7) is 6.26. The Labute approximate surface area is 96.1 Å². The van der Waals surface area contributed by atoms with Crippen molar-refractivity contribution in [2.45, 2.75) is 38.8 Å². The molecule has 0 aromatic rings. The lowest BCUT2D eigenvalue weighted by Crippen LogP contribution is -2.41. The van der Waals surface area contributed by atoms with E-state index in [2.05, 4.69) is 24.2 Å². The number of hydrogen-bond donors (Lipinski definition) is 1. The van der Waals surface area contributed by atoms with Gasteiger partial charge in [0.05, 0.1) is 12.6 Å². The summed E-state index contributed by atoms with van der Waals surface area (Å²) in [5.74, 6) is 1.91. The van der Waals surface area contributed by atoms with Crippen molar-refractivity contribution in [3.63, 3.8) is 0 Å². The van der Waals surface area contributed by atoms with E-state index in [9.17, 15) is 0 Å². The van der Waals surface area contributed by atoms with Gasteiger partial charge in [0.1, 0.15) is 0 Å². The van der Waals surface area contributed by atoms with Gasteiger partial charge < -0.3 is 10.1 Å². The summed E-state index contributed by atoms with van der Waals surface area (Å²) in [4.78, 5) is 4.59. The van der Waals surface area contributed by atoms with E-state index in [-0.39, 0.29) is 0 Å². The highest BCUT2D eigenvalue weighted by Gasteiger charge is 2.21. The van der Waals surface area contributed by atoms with Gasteiger partial charge in [0.15, 0.2) is 5.17 Å². The number of rotatable bonds is 2. The Kier molecular flexibility index (Phi) is 3.92. The maximum absolute atomic E-state index is 5.55. The van der Waals surface area contributed by atoms with Crippen LogP contribution in [-0.2, 0) is 4.74 Å². The zero-order chi connectivity index (χ0) is 10.7. The van der Waals surface area contributed by atoms with Gasteiger partial charge in [-0.1, -0.05) is 18.7 Å². The van der Waals surface area contributed by atoms with E-state index in [0.717, 1.165) is 24.2 Å². The van der Waals surface area contributed by atoms with Crippen LogP contribution < -0.4 is 5.32 Å². The second-order valence-corrected chi connectivity index (χ2v) is 5.51. The molecular weight excluding hydrogens is 208 g/mol. The molecule has 2 rings (SSSR count). The smallest absolute Gasteiger partial charge is 0.156 e. The Morgan fingerprint density at radius 1 is 1.53 bits per heavy atom. The third kappa shape index (κ3) is 3.11. The zero-order valence-electron chi connectivity index (χ0n) is 9.53. The van der Waals surface area contributed by atoms with E-state index < -0.39 is 0 Å². The summed E-state index contributed by atoms with van der Waals surface area (Å²) in [6, 6.07) is 0.550. The van der Waals surface area contributed by atoms with Crippen LogP contribution in [0.2, 0.25) is 0 Å². The summed E-state index contributed by atoms with van der Waals surface area (Å²) in [5.41, 5.74) is 0. The largest absolute Gasteiger partial charge is 0.376 e. The Hall–Kier alpha value is -0.220. The molecule has 2 fully saturated rings. The molecule has 0 aliphatic carbocycles. The minimum atomic E-state index is 0.370. The first-order chi connectivity index (χ1) is 7.25. The predicted molar refractivity (Wildman–Crippen MR) is 65.5 cm³/mol. The van der Waals surface area contributed by atoms with Crippen molar-refractivity contribution in [1.82, 2.24) is 5.32 Å². The molecule has 0 amide bonds. The topological polar surface area (TPSA) is 33.6 Å². The van der Waals surface area contributed by atoms with Gasteiger partial charge in [-0.3, -0.25) is 4.99 Å². The molecule has 2 saturated heterocycles. The second-order valence-electron chi connectivity index (χ2n) is 4.50. The number of ether oxygens (including phenoxy) is 1. The molecule has 86 valence electrons. The molecule has 2 aliphatic rings. The molecule has 3 atom stereocenters. The van der Waals surface area contributed by atoms with Crippen LogP contribution in [0, 0.1) is 5.92 Å². The number of nitrogens with zero attached hydrogens (tertiary/aromatic N) is 1. The fourth-order valence-corrected chi connectivity index (χ4v) is 2.94. The quantitative estimate of drug-likeness (QED) is 0.783. The summed E-state index contributed by atoms with van der Waals surface area (Å²) >= 11 is 1.84. The monoisotopic (exact) mass is 228 g/mol. The van der Waals surface area contributed by atoms with Crippen molar-refractivity contribution in [3.05, 3.63) is 0 Å². The first kappa shape index (κ1) is 11.3. The highest BCUT2D eigenvalue weighted by molar-refractivity contribution is 8.13. The molecule has 0 aromatic heterocycles. The molecule has 0 radical (unpaired) electrons. The molecule has 0 saturated carbocycles. The average molecular weight is 228 g/mol. The maximum Gasteiger partial charge on any atom is 0.156 e. The van der Waals surface area contributed by atoms with Gasteiger partial charge in [-0.2, -0.15) is 0 Å². The van der Waals surface area contributed by atoms with E-state index in [4.69, 9.17) is 4.74 Å². The van der Waals surface area contributed by atoms with E-state index >= 15 is 0 Å². The van der Waals surface area contributed by atoms with Gasteiger partial charge in [-0.25, -0.2) is 0 Å². The van der Waals surface area contributed by atoms with Gasteiger partial charge >= 0.3 is 0 Å². The van der Waals surface area contributed by atoms with Crippen LogP contribution in [0.5, 0.6) is 0 Å². The Balaban J connectivity index is 1.80. The number of amidine groups is 1. The van der Waals surface area contributed by atoms with Gasteiger partial charge in [-0.05, 0) is 25.7 Å². The molecule has 2 heterocycles. The van der Waals surface area contributed by atoms with Gasteiger partial charge in [-0.15, -0.1) is 0 Å². The molecule has 1 N–H and O–H groups in total. The minimum Gasteiger partial charge on any atom is -0.376 e. The van der Waals surface area contributed by atoms with Gasteiger partial charge in [0.25, 0.3) is 0 Å². The Morgan fingerprint density at radius 3 is 3.07 bits per heavy atom. The third-order valence-electron chi connectivity index (χ3n) is 3.15.